The topological polar surface area (TPSA) is 54.5 Å². The molecule has 1 aromatic heterocycles. The molecule has 3 rings (SSSR count). The standard InChI is InChI=1S/C18H23N3O2/c22-18(23-13-5-12-21-10-2-1-3-11-21)20-16-7-8-17-15(14-16)6-4-9-19-17/h4,6-9,14H,1-3,5,10-13H2,(H,20,22). The Hall–Kier alpha value is -2.14. The normalized spacial score (nSPS) is 15.5. The average molecular weight is 313 g/mol. The Balaban J connectivity index is 1.41. The third-order valence-electron chi connectivity index (χ3n) is 4.15. The summed E-state index contributed by atoms with van der Waals surface area (Å²) in [5, 5.41) is 3.77. The summed E-state index contributed by atoms with van der Waals surface area (Å²) in [4.78, 5) is 18.5. The zero-order chi connectivity index (χ0) is 15.9. The van der Waals surface area contributed by atoms with E-state index in [0.717, 1.165) is 29.6 Å². The minimum atomic E-state index is -0.396. The first-order chi connectivity index (χ1) is 11.3. The Morgan fingerprint density at radius 2 is 2.09 bits per heavy atom. The number of benzene rings is 1. The number of hydrogen-bond donors (Lipinski definition) is 1. The molecule has 122 valence electrons. The molecule has 1 fully saturated rings. The molecule has 1 N–H and O–H groups in total. The van der Waals surface area contributed by atoms with Crippen LogP contribution in [0.3, 0.4) is 0 Å². The molecule has 0 radical (unpaired) electrons. The van der Waals surface area contributed by atoms with Crippen LogP contribution in [0.15, 0.2) is 36.5 Å². The van der Waals surface area contributed by atoms with E-state index in [4.69, 9.17) is 4.74 Å². The number of carbonyl (C=O) groups excluding carboxylic acids is 1. The van der Waals surface area contributed by atoms with Gasteiger partial charge in [0.15, 0.2) is 0 Å². The highest BCUT2D eigenvalue weighted by molar-refractivity contribution is 5.89. The number of piperidine rings is 1. The molecule has 5 nitrogen and oxygen atoms in total. The zero-order valence-electron chi connectivity index (χ0n) is 13.3. The van der Waals surface area contributed by atoms with E-state index in [1.54, 1.807) is 6.20 Å². The van der Waals surface area contributed by atoms with Gasteiger partial charge in [0.1, 0.15) is 0 Å². The van der Waals surface area contributed by atoms with Gasteiger partial charge in [0, 0.05) is 23.8 Å². The van der Waals surface area contributed by atoms with Crippen molar-refractivity contribution in [2.45, 2.75) is 25.7 Å². The molecule has 0 bridgehead atoms. The van der Waals surface area contributed by atoms with Gasteiger partial charge in [0.05, 0.1) is 12.1 Å². The minimum Gasteiger partial charge on any atom is -0.449 e. The highest BCUT2D eigenvalue weighted by Gasteiger charge is 2.10. The Labute approximate surface area is 136 Å². The van der Waals surface area contributed by atoms with Crippen LogP contribution in [0.1, 0.15) is 25.7 Å². The third-order valence-corrected chi connectivity index (χ3v) is 4.15. The van der Waals surface area contributed by atoms with Gasteiger partial charge in [0.25, 0.3) is 0 Å². The molecular weight excluding hydrogens is 290 g/mol. The maximum absolute atomic E-state index is 11.8. The molecule has 0 saturated carbocycles. The average Bonchev–Trinajstić information content (AvgIpc) is 2.59. The van der Waals surface area contributed by atoms with Crippen molar-refractivity contribution in [2.75, 3.05) is 31.6 Å². The predicted octanol–water partition coefficient (Wildman–Crippen LogP) is 3.66. The smallest absolute Gasteiger partial charge is 0.411 e. The Morgan fingerprint density at radius 3 is 2.96 bits per heavy atom. The summed E-state index contributed by atoms with van der Waals surface area (Å²) >= 11 is 0. The summed E-state index contributed by atoms with van der Waals surface area (Å²) in [5.41, 5.74) is 1.64. The Bertz CT molecular complexity index is 654. The predicted molar refractivity (Wildman–Crippen MR) is 91.6 cm³/mol. The quantitative estimate of drug-likeness (QED) is 0.856. The highest BCUT2D eigenvalue weighted by Crippen LogP contribution is 2.17. The summed E-state index contributed by atoms with van der Waals surface area (Å²) in [6.45, 7) is 3.82. The molecular formula is C18H23N3O2. The number of anilines is 1. The van der Waals surface area contributed by atoms with Gasteiger partial charge in [-0.05, 0) is 56.6 Å². The van der Waals surface area contributed by atoms with Gasteiger partial charge in [-0.15, -0.1) is 0 Å². The summed E-state index contributed by atoms with van der Waals surface area (Å²) in [7, 11) is 0. The van der Waals surface area contributed by atoms with E-state index in [1.165, 1.54) is 32.4 Å². The number of amides is 1. The number of rotatable bonds is 5. The first-order valence-electron chi connectivity index (χ1n) is 8.32. The van der Waals surface area contributed by atoms with Crippen LogP contribution in [0, 0.1) is 0 Å². The van der Waals surface area contributed by atoms with Crippen LogP contribution in [-0.2, 0) is 4.74 Å². The fourth-order valence-corrected chi connectivity index (χ4v) is 2.94. The summed E-state index contributed by atoms with van der Waals surface area (Å²) < 4.78 is 5.26. The number of fused-ring (bicyclic) bond motifs is 1. The van der Waals surface area contributed by atoms with Crippen LogP contribution in [-0.4, -0.2) is 42.2 Å². The molecule has 0 unspecified atom stereocenters. The molecule has 1 aromatic carbocycles. The number of aromatic nitrogens is 1. The van der Waals surface area contributed by atoms with Crippen molar-refractivity contribution in [3.05, 3.63) is 36.5 Å². The fraction of sp³-hybridized carbons (Fsp3) is 0.444. The van der Waals surface area contributed by atoms with Gasteiger partial charge >= 0.3 is 6.09 Å². The lowest BCUT2D eigenvalue weighted by Crippen LogP contribution is -2.31. The fourth-order valence-electron chi connectivity index (χ4n) is 2.94. The van der Waals surface area contributed by atoms with Crippen LogP contribution in [0.25, 0.3) is 10.9 Å². The maximum Gasteiger partial charge on any atom is 0.411 e. The highest BCUT2D eigenvalue weighted by atomic mass is 16.5. The zero-order valence-corrected chi connectivity index (χ0v) is 13.3. The molecule has 2 heterocycles. The van der Waals surface area contributed by atoms with Gasteiger partial charge in [-0.3, -0.25) is 10.3 Å². The number of nitrogens with zero attached hydrogens (tertiary/aromatic N) is 2. The monoisotopic (exact) mass is 313 g/mol. The van der Waals surface area contributed by atoms with Crippen LogP contribution in [0.5, 0.6) is 0 Å². The van der Waals surface area contributed by atoms with Gasteiger partial charge in [-0.2, -0.15) is 0 Å². The van der Waals surface area contributed by atoms with E-state index in [0.29, 0.717) is 6.61 Å². The number of carbonyl (C=O) groups is 1. The summed E-state index contributed by atoms with van der Waals surface area (Å²) in [5.74, 6) is 0. The second-order valence-electron chi connectivity index (χ2n) is 5.93. The van der Waals surface area contributed by atoms with Gasteiger partial charge in [0.2, 0.25) is 0 Å². The van der Waals surface area contributed by atoms with E-state index in [1.807, 2.05) is 30.3 Å². The largest absolute Gasteiger partial charge is 0.449 e. The Kier molecular flexibility index (Phi) is 5.42. The molecule has 23 heavy (non-hydrogen) atoms. The molecule has 5 heteroatoms. The molecule has 1 saturated heterocycles. The van der Waals surface area contributed by atoms with Crippen molar-refractivity contribution in [1.82, 2.24) is 9.88 Å². The second kappa shape index (κ2) is 7.92. The van der Waals surface area contributed by atoms with Crippen molar-refractivity contribution >= 4 is 22.7 Å². The molecule has 1 amide bonds. The van der Waals surface area contributed by atoms with E-state index < -0.39 is 6.09 Å². The second-order valence-corrected chi connectivity index (χ2v) is 5.93. The summed E-state index contributed by atoms with van der Waals surface area (Å²) in [6.07, 6.45) is 6.17. The number of nitrogens with one attached hydrogen (secondary N) is 1. The van der Waals surface area contributed by atoms with E-state index >= 15 is 0 Å². The van der Waals surface area contributed by atoms with E-state index in [2.05, 4.69) is 15.2 Å². The summed E-state index contributed by atoms with van der Waals surface area (Å²) in [6, 6.07) is 9.48. The van der Waals surface area contributed by atoms with Crippen LogP contribution >= 0.6 is 0 Å². The van der Waals surface area contributed by atoms with E-state index in [-0.39, 0.29) is 0 Å². The molecule has 1 aliphatic heterocycles. The minimum absolute atomic E-state index is 0.396. The van der Waals surface area contributed by atoms with Crippen molar-refractivity contribution < 1.29 is 9.53 Å². The number of likely N-dealkylation sites (tertiary alicyclic amines) is 1. The molecule has 2 aromatic rings. The lowest BCUT2D eigenvalue weighted by Gasteiger charge is -2.26. The van der Waals surface area contributed by atoms with Gasteiger partial charge in [-0.1, -0.05) is 12.5 Å². The Morgan fingerprint density at radius 1 is 1.22 bits per heavy atom. The van der Waals surface area contributed by atoms with Crippen molar-refractivity contribution in [3.8, 4) is 0 Å². The van der Waals surface area contributed by atoms with Gasteiger partial charge in [-0.25, -0.2) is 4.79 Å². The SMILES string of the molecule is O=C(Nc1ccc2ncccc2c1)OCCCN1CCCCC1. The van der Waals surface area contributed by atoms with Crippen LogP contribution < -0.4 is 5.32 Å². The molecule has 0 aliphatic carbocycles. The first-order valence-corrected chi connectivity index (χ1v) is 8.32. The number of ether oxygens (including phenoxy) is 1. The molecule has 0 spiro atoms. The molecule has 0 atom stereocenters. The lowest BCUT2D eigenvalue weighted by atomic mass is 10.1. The first kappa shape index (κ1) is 15.7. The van der Waals surface area contributed by atoms with Gasteiger partial charge < -0.3 is 9.64 Å². The van der Waals surface area contributed by atoms with E-state index in [9.17, 15) is 4.79 Å². The van der Waals surface area contributed by atoms with Crippen molar-refractivity contribution in [1.29, 1.82) is 0 Å². The van der Waals surface area contributed by atoms with Crippen LogP contribution in [0.4, 0.5) is 10.5 Å². The van der Waals surface area contributed by atoms with Crippen LogP contribution in [0.2, 0.25) is 0 Å². The molecule has 1 aliphatic rings. The van der Waals surface area contributed by atoms with Crippen molar-refractivity contribution in [2.24, 2.45) is 0 Å². The maximum atomic E-state index is 11.8. The third kappa shape index (κ3) is 4.66. The lowest BCUT2D eigenvalue weighted by molar-refractivity contribution is 0.148. The number of pyridine rings is 1. The van der Waals surface area contributed by atoms with Crippen molar-refractivity contribution in [3.63, 3.8) is 0 Å². The number of hydrogen-bond acceptors (Lipinski definition) is 4.